The van der Waals surface area contributed by atoms with Crippen molar-refractivity contribution >= 4 is 21.7 Å². The number of nitrogens with zero attached hydrogens (tertiary/aromatic N) is 1. The van der Waals surface area contributed by atoms with Gasteiger partial charge in [0.15, 0.2) is 0 Å². The SMILES string of the molecule is c1ccc2c(c1)Cc1c(-c3ccc4ccc5ccccc5c4n3)cccc1-2. The van der Waals surface area contributed by atoms with E-state index >= 15 is 0 Å². The number of pyridine rings is 1. The maximum atomic E-state index is 5.11. The second-order valence-corrected chi connectivity index (χ2v) is 7.22. The zero-order valence-corrected chi connectivity index (χ0v) is 14.8. The van der Waals surface area contributed by atoms with Gasteiger partial charge in [0.2, 0.25) is 0 Å². The van der Waals surface area contributed by atoms with Crippen LogP contribution in [0.15, 0.2) is 91.0 Å². The number of fused-ring (bicyclic) bond motifs is 6. The van der Waals surface area contributed by atoms with Crippen LogP contribution in [0.1, 0.15) is 11.1 Å². The zero-order chi connectivity index (χ0) is 17.8. The molecule has 126 valence electrons. The predicted molar refractivity (Wildman–Crippen MR) is 113 cm³/mol. The van der Waals surface area contributed by atoms with E-state index in [0.29, 0.717) is 0 Å². The van der Waals surface area contributed by atoms with Crippen LogP contribution in [-0.4, -0.2) is 4.98 Å². The van der Waals surface area contributed by atoms with Crippen LogP contribution in [0.3, 0.4) is 0 Å². The normalized spacial score (nSPS) is 12.3. The molecule has 1 heterocycles. The second kappa shape index (κ2) is 5.52. The van der Waals surface area contributed by atoms with Crippen molar-refractivity contribution < 1.29 is 0 Å². The molecule has 0 radical (unpaired) electrons. The second-order valence-electron chi connectivity index (χ2n) is 7.22. The lowest BCUT2D eigenvalue weighted by Crippen LogP contribution is -1.92. The Morgan fingerprint density at radius 1 is 0.556 bits per heavy atom. The van der Waals surface area contributed by atoms with Gasteiger partial charge in [0.05, 0.1) is 11.2 Å². The Labute approximate surface area is 157 Å². The lowest BCUT2D eigenvalue weighted by atomic mass is 9.98. The van der Waals surface area contributed by atoms with Crippen molar-refractivity contribution in [1.82, 2.24) is 4.98 Å². The van der Waals surface area contributed by atoms with E-state index in [4.69, 9.17) is 4.98 Å². The lowest BCUT2D eigenvalue weighted by Gasteiger charge is -2.10. The van der Waals surface area contributed by atoms with Crippen LogP contribution in [0.25, 0.3) is 44.1 Å². The van der Waals surface area contributed by atoms with E-state index in [2.05, 4.69) is 91.0 Å². The first-order valence-corrected chi connectivity index (χ1v) is 9.37. The van der Waals surface area contributed by atoms with Gasteiger partial charge in [-0.25, -0.2) is 4.98 Å². The molecule has 27 heavy (non-hydrogen) atoms. The Bertz CT molecular complexity index is 1350. The summed E-state index contributed by atoms with van der Waals surface area (Å²) in [4.78, 5) is 5.11. The summed E-state index contributed by atoms with van der Waals surface area (Å²) in [7, 11) is 0. The molecule has 0 saturated heterocycles. The first-order valence-electron chi connectivity index (χ1n) is 9.37. The van der Waals surface area contributed by atoms with Crippen LogP contribution in [0.4, 0.5) is 0 Å². The molecule has 0 N–H and O–H groups in total. The molecule has 6 rings (SSSR count). The topological polar surface area (TPSA) is 12.9 Å². The predicted octanol–water partition coefficient (Wildman–Crippen LogP) is 6.63. The van der Waals surface area contributed by atoms with Gasteiger partial charge in [-0.15, -0.1) is 0 Å². The highest BCUT2D eigenvalue weighted by atomic mass is 14.7. The Balaban J connectivity index is 1.60. The van der Waals surface area contributed by atoms with Gasteiger partial charge in [0.1, 0.15) is 0 Å². The van der Waals surface area contributed by atoms with E-state index in [1.54, 1.807) is 0 Å². The Morgan fingerprint density at radius 2 is 1.30 bits per heavy atom. The molecule has 5 aromatic rings. The van der Waals surface area contributed by atoms with Gasteiger partial charge >= 0.3 is 0 Å². The van der Waals surface area contributed by atoms with Gasteiger partial charge in [-0.2, -0.15) is 0 Å². The Morgan fingerprint density at radius 3 is 2.30 bits per heavy atom. The van der Waals surface area contributed by atoms with Gasteiger partial charge in [0, 0.05) is 16.3 Å². The first-order chi connectivity index (χ1) is 13.4. The number of aromatic nitrogens is 1. The molecule has 0 aliphatic heterocycles. The lowest BCUT2D eigenvalue weighted by molar-refractivity contribution is 1.25. The monoisotopic (exact) mass is 343 g/mol. The Kier molecular flexibility index (Phi) is 3.00. The first kappa shape index (κ1) is 14.7. The van der Waals surface area contributed by atoms with Crippen molar-refractivity contribution in [2.24, 2.45) is 0 Å². The summed E-state index contributed by atoms with van der Waals surface area (Å²) < 4.78 is 0. The molecule has 4 aromatic carbocycles. The van der Waals surface area contributed by atoms with Crippen LogP contribution < -0.4 is 0 Å². The molecule has 0 bridgehead atoms. The molecule has 0 unspecified atom stereocenters. The minimum Gasteiger partial charge on any atom is -0.247 e. The summed E-state index contributed by atoms with van der Waals surface area (Å²) in [6, 6.07) is 32.5. The van der Waals surface area contributed by atoms with Gasteiger partial charge in [-0.05, 0) is 40.1 Å². The number of hydrogen-bond donors (Lipinski definition) is 0. The molecular weight excluding hydrogens is 326 g/mol. The molecule has 0 atom stereocenters. The highest BCUT2D eigenvalue weighted by Gasteiger charge is 2.21. The van der Waals surface area contributed by atoms with E-state index in [-0.39, 0.29) is 0 Å². The van der Waals surface area contributed by atoms with Crippen molar-refractivity contribution in [2.75, 3.05) is 0 Å². The Hall–Kier alpha value is -3.45. The number of hydrogen-bond acceptors (Lipinski definition) is 1. The van der Waals surface area contributed by atoms with Crippen molar-refractivity contribution in [2.45, 2.75) is 6.42 Å². The van der Waals surface area contributed by atoms with E-state index in [1.165, 1.54) is 44.0 Å². The van der Waals surface area contributed by atoms with Crippen molar-refractivity contribution in [3.63, 3.8) is 0 Å². The van der Waals surface area contributed by atoms with Crippen LogP contribution in [-0.2, 0) is 6.42 Å². The van der Waals surface area contributed by atoms with Gasteiger partial charge in [-0.1, -0.05) is 84.9 Å². The van der Waals surface area contributed by atoms with E-state index in [1.807, 2.05) is 0 Å². The maximum Gasteiger partial charge on any atom is 0.0787 e. The molecule has 1 aliphatic carbocycles. The molecule has 1 heteroatoms. The summed E-state index contributed by atoms with van der Waals surface area (Å²) in [6.45, 7) is 0. The quantitative estimate of drug-likeness (QED) is 0.305. The van der Waals surface area contributed by atoms with Crippen molar-refractivity contribution in [3.8, 4) is 22.4 Å². The average molecular weight is 343 g/mol. The van der Waals surface area contributed by atoms with Crippen LogP contribution >= 0.6 is 0 Å². The minimum atomic E-state index is 0.983. The number of benzene rings is 4. The molecule has 0 spiro atoms. The third-order valence-corrected chi connectivity index (χ3v) is 5.71. The van der Waals surface area contributed by atoms with Crippen molar-refractivity contribution in [3.05, 3.63) is 102 Å². The number of rotatable bonds is 1. The molecule has 0 amide bonds. The van der Waals surface area contributed by atoms with Crippen LogP contribution in [0.5, 0.6) is 0 Å². The highest BCUT2D eigenvalue weighted by molar-refractivity contribution is 6.05. The molecule has 0 fully saturated rings. The van der Waals surface area contributed by atoms with E-state index < -0.39 is 0 Å². The van der Waals surface area contributed by atoms with Gasteiger partial charge in [0.25, 0.3) is 0 Å². The van der Waals surface area contributed by atoms with Crippen LogP contribution in [0.2, 0.25) is 0 Å². The smallest absolute Gasteiger partial charge is 0.0787 e. The minimum absolute atomic E-state index is 0.983. The van der Waals surface area contributed by atoms with Crippen molar-refractivity contribution in [1.29, 1.82) is 0 Å². The largest absolute Gasteiger partial charge is 0.247 e. The molecular formula is C26H17N. The van der Waals surface area contributed by atoms with Gasteiger partial charge in [-0.3, -0.25) is 0 Å². The summed E-state index contributed by atoms with van der Waals surface area (Å²) in [5, 5.41) is 3.64. The molecule has 1 aliphatic rings. The standard InChI is InChI=1S/C26H17N/c1-4-9-21-17(6-1)12-13-18-14-15-25(27-26(18)21)23-11-5-10-22-20-8-3-2-7-19(20)16-24(22)23/h1-15H,16H2. The zero-order valence-electron chi connectivity index (χ0n) is 14.8. The molecule has 1 aromatic heterocycles. The van der Waals surface area contributed by atoms with Gasteiger partial charge < -0.3 is 0 Å². The third-order valence-electron chi connectivity index (χ3n) is 5.71. The highest BCUT2D eigenvalue weighted by Crippen LogP contribution is 2.41. The fourth-order valence-electron chi connectivity index (χ4n) is 4.40. The summed E-state index contributed by atoms with van der Waals surface area (Å²) in [5.41, 5.74) is 8.90. The van der Waals surface area contributed by atoms with Crippen LogP contribution in [0, 0.1) is 0 Å². The fourth-order valence-corrected chi connectivity index (χ4v) is 4.40. The fraction of sp³-hybridized carbons (Fsp3) is 0.0385. The molecule has 1 nitrogen and oxygen atoms in total. The maximum absolute atomic E-state index is 5.11. The average Bonchev–Trinajstić information content (AvgIpc) is 3.12. The van der Waals surface area contributed by atoms with E-state index in [9.17, 15) is 0 Å². The summed E-state index contributed by atoms with van der Waals surface area (Å²) in [6.07, 6.45) is 0.983. The molecule has 0 saturated carbocycles. The summed E-state index contributed by atoms with van der Waals surface area (Å²) >= 11 is 0. The summed E-state index contributed by atoms with van der Waals surface area (Å²) in [5.74, 6) is 0. The third kappa shape index (κ3) is 2.15. The van der Waals surface area contributed by atoms with E-state index in [0.717, 1.165) is 17.6 Å².